The van der Waals surface area contributed by atoms with Crippen LogP contribution in [0, 0.1) is 0 Å². The van der Waals surface area contributed by atoms with Gasteiger partial charge >= 0.3 is 0 Å². The number of amides is 3. The molecule has 3 amide bonds. The summed E-state index contributed by atoms with van der Waals surface area (Å²) in [7, 11) is 0. The molecule has 0 spiro atoms. The van der Waals surface area contributed by atoms with Crippen molar-refractivity contribution in [2.24, 2.45) is 5.84 Å². The van der Waals surface area contributed by atoms with Gasteiger partial charge in [-0.25, -0.2) is 5.84 Å². The maximum Gasteiger partial charge on any atom is 0.240 e. The second-order valence-corrected chi connectivity index (χ2v) is 3.50. The Hall–Kier alpha value is -1.47. The maximum atomic E-state index is 11.0. The second-order valence-electron chi connectivity index (χ2n) is 3.50. The molecule has 0 aromatic rings. The highest BCUT2D eigenvalue weighted by molar-refractivity contribution is 5.99. The van der Waals surface area contributed by atoms with Crippen molar-refractivity contribution in [3.8, 4) is 0 Å². The van der Waals surface area contributed by atoms with Gasteiger partial charge in [0.1, 0.15) is 0 Å². The van der Waals surface area contributed by atoms with Crippen LogP contribution in [0.3, 0.4) is 0 Å². The number of hydrazine groups is 1. The van der Waals surface area contributed by atoms with E-state index in [0.29, 0.717) is 0 Å². The van der Waals surface area contributed by atoms with E-state index in [-0.39, 0.29) is 43.3 Å². The van der Waals surface area contributed by atoms with Crippen molar-refractivity contribution < 1.29 is 14.4 Å². The van der Waals surface area contributed by atoms with Crippen molar-refractivity contribution >= 4 is 17.7 Å². The van der Waals surface area contributed by atoms with Gasteiger partial charge in [-0.15, -0.1) is 0 Å². The maximum absolute atomic E-state index is 11.0. The SMILES string of the molecule is CC(CC(=O)NN)N1CC(=O)NC(=O)C1. The van der Waals surface area contributed by atoms with Crippen LogP contribution in [-0.2, 0) is 14.4 Å². The molecule has 1 unspecified atom stereocenters. The summed E-state index contributed by atoms with van der Waals surface area (Å²) in [5, 5.41) is 2.19. The predicted octanol–water partition coefficient (Wildman–Crippen LogP) is -2.29. The standard InChI is InChI=1S/C8H14N4O3/c1-5(2-6(13)11-9)12-3-7(14)10-8(15)4-12/h5H,2-4,9H2,1H3,(H,11,13)(H,10,14,15). The zero-order chi connectivity index (χ0) is 11.4. The molecule has 1 atom stereocenters. The van der Waals surface area contributed by atoms with Crippen LogP contribution in [0.2, 0.25) is 0 Å². The average molecular weight is 214 g/mol. The lowest BCUT2D eigenvalue weighted by Crippen LogP contribution is -2.54. The third kappa shape index (κ3) is 3.30. The molecular weight excluding hydrogens is 200 g/mol. The second kappa shape index (κ2) is 4.85. The van der Waals surface area contributed by atoms with E-state index in [4.69, 9.17) is 5.84 Å². The lowest BCUT2D eigenvalue weighted by atomic mass is 10.1. The van der Waals surface area contributed by atoms with Gasteiger partial charge in [0.15, 0.2) is 0 Å². The topological polar surface area (TPSA) is 105 Å². The van der Waals surface area contributed by atoms with Crippen molar-refractivity contribution in [2.45, 2.75) is 19.4 Å². The van der Waals surface area contributed by atoms with Crippen molar-refractivity contribution in [2.75, 3.05) is 13.1 Å². The van der Waals surface area contributed by atoms with Gasteiger partial charge in [0.05, 0.1) is 13.1 Å². The first-order valence-corrected chi connectivity index (χ1v) is 4.59. The highest BCUT2D eigenvalue weighted by Gasteiger charge is 2.26. The summed E-state index contributed by atoms with van der Waals surface area (Å²) in [6, 6.07) is -0.191. The molecule has 0 aliphatic carbocycles. The number of imide groups is 1. The monoisotopic (exact) mass is 214 g/mol. The van der Waals surface area contributed by atoms with Crippen molar-refractivity contribution in [1.29, 1.82) is 0 Å². The number of hydrogen-bond acceptors (Lipinski definition) is 5. The van der Waals surface area contributed by atoms with Crippen LogP contribution in [0.1, 0.15) is 13.3 Å². The van der Waals surface area contributed by atoms with Crippen molar-refractivity contribution in [1.82, 2.24) is 15.6 Å². The minimum absolute atomic E-state index is 0.130. The fraction of sp³-hybridized carbons (Fsp3) is 0.625. The lowest BCUT2D eigenvalue weighted by Gasteiger charge is -2.30. The quantitative estimate of drug-likeness (QED) is 0.212. The van der Waals surface area contributed by atoms with Crippen LogP contribution in [0.5, 0.6) is 0 Å². The van der Waals surface area contributed by atoms with E-state index in [1.54, 1.807) is 11.8 Å². The Balaban J connectivity index is 2.51. The Morgan fingerprint density at radius 3 is 2.53 bits per heavy atom. The van der Waals surface area contributed by atoms with Gasteiger partial charge in [-0.1, -0.05) is 0 Å². The molecule has 7 nitrogen and oxygen atoms in total. The zero-order valence-electron chi connectivity index (χ0n) is 8.45. The molecule has 4 N–H and O–H groups in total. The fourth-order valence-corrected chi connectivity index (χ4v) is 1.43. The molecule has 1 aliphatic rings. The van der Waals surface area contributed by atoms with Gasteiger partial charge in [0, 0.05) is 12.5 Å². The van der Waals surface area contributed by atoms with E-state index >= 15 is 0 Å². The van der Waals surface area contributed by atoms with Crippen LogP contribution in [0.25, 0.3) is 0 Å². The van der Waals surface area contributed by atoms with E-state index in [0.717, 1.165) is 0 Å². The van der Waals surface area contributed by atoms with Gasteiger partial charge in [-0.2, -0.15) is 0 Å². The Labute approximate surface area is 86.9 Å². The summed E-state index contributed by atoms with van der Waals surface area (Å²) in [5.41, 5.74) is 2.01. The minimum Gasteiger partial charge on any atom is -0.294 e. The minimum atomic E-state index is -0.341. The van der Waals surface area contributed by atoms with Gasteiger partial charge in [0.25, 0.3) is 0 Å². The number of nitrogens with one attached hydrogen (secondary N) is 2. The number of piperazine rings is 1. The number of carbonyl (C=O) groups excluding carboxylic acids is 3. The zero-order valence-corrected chi connectivity index (χ0v) is 8.45. The predicted molar refractivity (Wildman–Crippen MR) is 51.1 cm³/mol. The van der Waals surface area contributed by atoms with E-state index in [9.17, 15) is 14.4 Å². The molecule has 1 fully saturated rings. The van der Waals surface area contributed by atoms with E-state index in [1.807, 2.05) is 5.43 Å². The van der Waals surface area contributed by atoms with E-state index in [1.165, 1.54) is 0 Å². The molecular formula is C8H14N4O3. The summed E-state index contributed by atoms with van der Waals surface area (Å²) < 4.78 is 0. The van der Waals surface area contributed by atoms with Crippen LogP contribution >= 0.6 is 0 Å². The van der Waals surface area contributed by atoms with Crippen molar-refractivity contribution in [3.63, 3.8) is 0 Å². The highest BCUT2D eigenvalue weighted by atomic mass is 16.2. The van der Waals surface area contributed by atoms with Gasteiger partial charge in [0.2, 0.25) is 17.7 Å². The molecule has 0 radical (unpaired) electrons. The Morgan fingerprint density at radius 2 is 2.07 bits per heavy atom. The van der Waals surface area contributed by atoms with Crippen LogP contribution < -0.4 is 16.6 Å². The molecule has 0 aromatic carbocycles. The largest absolute Gasteiger partial charge is 0.294 e. The molecule has 15 heavy (non-hydrogen) atoms. The van der Waals surface area contributed by atoms with Crippen LogP contribution in [0.15, 0.2) is 0 Å². The first kappa shape index (κ1) is 11.6. The summed E-state index contributed by atoms with van der Waals surface area (Å²) in [6.45, 7) is 2.02. The smallest absolute Gasteiger partial charge is 0.240 e. The summed E-state index contributed by atoms with van der Waals surface area (Å²) in [4.78, 5) is 34.7. The summed E-state index contributed by atoms with van der Waals surface area (Å²) in [6.07, 6.45) is 0.164. The average Bonchev–Trinajstić information content (AvgIpc) is 2.16. The Morgan fingerprint density at radius 1 is 1.53 bits per heavy atom. The number of nitrogens with two attached hydrogens (primary N) is 1. The highest BCUT2D eigenvalue weighted by Crippen LogP contribution is 2.05. The number of rotatable bonds is 3. The first-order valence-electron chi connectivity index (χ1n) is 4.59. The summed E-state index contributed by atoms with van der Waals surface area (Å²) in [5.74, 6) is 3.94. The third-order valence-electron chi connectivity index (χ3n) is 2.24. The number of nitrogens with zero attached hydrogens (tertiary/aromatic N) is 1. The molecule has 1 rings (SSSR count). The van der Waals surface area contributed by atoms with Gasteiger partial charge in [-0.3, -0.25) is 30.0 Å². The first-order chi connectivity index (χ1) is 7.02. The molecule has 84 valence electrons. The Kier molecular flexibility index (Phi) is 3.75. The molecule has 0 aromatic heterocycles. The van der Waals surface area contributed by atoms with E-state index in [2.05, 4.69) is 5.32 Å². The Bertz CT molecular complexity index is 276. The molecule has 7 heteroatoms. The number of hydrogen-bond donors (Lipinski definition) is 3. The van der Waals surface area contributed by atoms with Gasteiger partial charge in [-0.05, 0) is 6.92 Å². The number of carbonyl (C=O) groups is 3. The summed E-state index contributed by atoms with van der Waals surface area (Å²) >= 11 is 0. The lowest BCUT2D eigenvalue weighted by molar-refractivity contribution is -0.138. The van der Waals surface area contributed by atoms with E-state index < -0.39 is 0 Å². The molecule has 0 bridgehead atoms. The fourth-order valence-electron chi connectivity index (χ4n) is 1.43. The third-order valence-corrected chi connectivity index (χ3v) is 2.24. The molecule has 0 saturated carbocycles. The van der Waals surface area contributed by atoms with Gasteiger partial charge < -0.3 is 0 Å². The molecule has 1 heterocycles. The van der Waals surface area contributed by atoms with Crippen LogP contribution in [0.4, 0.5) is 0 Å². The normalized spacial score (nSPS) is 19.6. The molecule has 1 aliphatic heterocycles. The van der Waals surface area contributed by atoms with Crippen LogP contribution in [-0.4, -0.2) is 41.8 Å². The molecule has 1 saturated heterocycles. The van der Waals surface area contributed by atoms with Crippen molar-refractivity contribution in [3.05, 3.63) is 0 Å².